The van der Waals surface area contributed by atoms with E-state index in [1.807, 2.05) is 24.3 Å². The average molecular weight is 527 g/mol. The standard InChI is InChI=1S/C31H30N2O6/c1-31(2,21-5-13-25(14-6-21)38-27-17-9-23(10-18-27)32-29(34)36-3)22-7-15-26(16-8-22)39-28-19-11-24(12-20-28)33-30(35)37-4/h5-20H,1-4H3,(H,32,34)(H,33,35). The van der Waals surface area contributed by atoms with Crippen molar-refractivity contribution in [1.82, 2.24) is 0 Å². The van der Waals surface area contributed by atoms with Gasteiger partial charge in [-0.25, -0.2) is 9.59 Å². The van der Waals surface area contributed by atoms with Crippen LogP contribution in [0.5, 0.6) is 23.0 Å². The smallest absolute Gasteiger partial charge is 0.411 e. The molecule has 39 heavy (non-hydrogen) atoms. The van der Waals surface area contributed by atoms with Gasteiger partial charge < -0.3 is 18.9 Å². The summed E-state index contributed by atoms with van der Waals surface area (Å²) in [6, 6.07) is 30.1. The first-order valence-corrected chi connectivity index (χ1v) is 12.2. The molecule has 0 unspecified atom stereocenters. The Morgan fingerprint density at radius 2 is 0.795 bits per heavy atom. The highest BCUT2D eigenvalue weighted by Crippen LogP contribution is 2.35. The number of hydrogen-bond donors (Lipinski definition) is 2. The van der Waals surface area contributed by atoms with Crippen molar-refractivity contribution in [2.45, 2.75) is 19.3 Å². The molecule has 0 radical (unpaired) electrons. The summed E-state index contributed by atoms with van der Waals surface area (Å²) in [7, 11) is 2.63. The number of carbonyl (C=O) groups is 2. The number of carbonyl (C=O) groups excluding carboxylic acids is 2. The van der Waals surface area contributed by atoms with E-state index < -0.39 is 12.2 Å². The van der Waals surface area contributed by atoms with Crippen LogP contribution in [0.2, 0.25) is 0 Å². The number of methoxy groups -OCH3 is 2. The van der Waals surface area contributed by atoms with E-state index in [0.717, 1.165) is 11.1 Å². The van der Waals surface area contributed by atoms with E-state index in [2.05, 4.69) is 58.2 Å². The number of rotatable bonds is 8. The van der Waals surface area contributed by atoms with Gasteiger partial charge in [0, 0.05) is 16.8 Å². The third-order valence-electron chi connectivity index (χ3n) is 6.20. The summed E-state index contributed by atoms with van der Waals surface area (Å²) >= 11 is 0. The first-order valence-electron chi connectivity index (χ1n) is 12.2. The molecule has 4 aromatic carbocycles. The highest BCUT2D eigenvalue weighted by Gasteiger charge is 2.23. The summed E-state index contributed by atoms with van der Waals surface area (Å²) in [6.07, 6.45) is -1.05. The zero-order chi connectivity index (χ0) is 27.8. The molecule has 0 aliphatic heterocycles. The predicted octanol–water partition coefficient (Wildman–Crippen LogP) is 7.95. The molecule has 8 heteroatoms. The number of nitrogens with one attached hydrogen (secondary N) is 2. The fourth-order valence-electron chi connectivity index (χ4n) is 3.87. The van der Waals surface area contributed by atoms with Crippen LogP contribution in [0.15, 0.2) is 97.1 Å². The lowest BCUT2D eigenvalue weighted by atomic mass is 9.78. The van der Waals surface area contributed by atoms with Crippen molar-refractivity contribution in [1.29, 1.82) is 0 Å². The van der Waals surface area contributed by atoms with Crippen LogP contribution in [0, 0.1) is 0 Å². The van der Waals surface area contributed by atoms with Crippen molar-refractivity contribution < 1.29 is 28.5 Å². The predicted molar refractivity (Wildman–Crippen MR) is 150 cm³/mol. The summed E-state index contributed by atoms with van der Waals surface area (Å²) in [5.41, 5.74) is 3.26. The molecule has 0 aliphatic carbocycles. The van der Waals surface area contributed by atoms with Gasteiger partial charge in [-0.15, -0.1) is 0 Å². The molecule has 0 saturated carbocycles. The fourth-order valence-corrected chi connectivity index (χ4v) is 3.87. The minimum atomic E-state index is -0.523. The van der Waals surface area contributed by atoms with Crippen molar-refractivity contribution in [3.63, 3.8) is 0 Å². The van der Waals surface area contributed by atoms with Gasteiger partial charge >= 0.3 is 12.2 Å². The fraction of sp³-hybridized carbons (Fsp3) is 0.161. The van der Waals surface area contributed by atoms with Gasteiger partial charge in [0.05, 0.1) is 14.2 Å². The number of ether oxygens (including phenoxy) is 4. The number of amides is 2. The normalized spacial score (nSPS) is 10.8. The van der Waals surface area contributed by atoms with E-state index in [1.165, 1.54) is 14.2 Å². The zero-order valence-electron chi connectivity index (χ0n) is 22.2. The lowest BCUT2D eigenvalue weighted by Gasteiger charge is -2.26. The Bertz CT molecular complexity index is 1290. The molecule has 0 aromatic heterocycles. The van der Waals surface area contributed by atoms with E-state index in [4.69, 9.17) is 9.47 Å². The van der Waals surface area contributed by atoms with Gasteiger partial charge in [0.15, 0.2) is 0 Å². The Kier molecular flexibility index (Phi) is 8.36. The molecule has 0 atom stereocenters. The lowest BCUT2D eigenvalue weighted by Crippen LogP contribution is -2.18. The summed E-state index contributed by atoms with van der Waals surface area (Å²) in [5, 5.41) is 5.21. The Balaban J connectivity index is 1.37. The first kappa shape index (κ1) is 27.1. The van der Waals surface area contributed by atoms with Gasteiger partial charge in [0.2, 0.25) is 0 Å². The second kappa shape index (κ2) is 12.0. The van der Waals surface area contributed by atoms with Gasteiger partial charge in [0.1, 0.15) is 23.0 Å². The molecule has 200 valence electrons. The van der Waals surface area contributed by atoms with Gasteiger partial charge in [-0.05, 0) is 83.9 Å². The van der Waals surface area contributed by atoms with Crippen molar-refractivity contribution in [2.24, 2.45) is 0 Å². The maximum atomic E-state index is 11.3. The quantitative estimate of drug-likeness (QED) is 0.242. The third-order valence-corrected chi connectivity index (χ3v) is 6.20. The van der Waals surface area contributed by atoms with E-state index >= 15 is 0 Å². The molecule has 2 N–H and O–H groups in total. The van der Waals surface area contributed by atoms with E-state index in [0.29, 0.717) is 34.4 Å². The Hall–Kier alpha value is -4.98. The van der Waals surface area contributed by atoms with Crippen LogP contribution in [0.25, 0.3) is 0 Å². The highest BCUT2D eigenvalue weighted by atomic mass is 16.5. The minimum absolute atomic E-state index is 0.251. The molecule has 0 fully saturated rings. The molecule has 0 spiro atoms. The molecular formula is C31H30N2O6. The van der Waals surface area contributed by atoms with Gasteiger partial charge in [-0.1, -0.05) is 38.1 Å². The summed E-state index contributed by atoms with van der Waals surface area (Å²) in [5.74, 6) is 2.73. The molecule has 0 heterocycles. The number of anilines is 2. The van der Waals surface area contributed by atoms with Gasteiger partial charge in [0.25, 0.3) is 0 Å². The summed E-state index contributed by atoms with van der Waals surface area (Å²) in [6.45, 7) is 4.33. The molecule has 8 nitrogen and oxygen atoms in total. The second-order valence-corrected chi connectivity index (χ2v) is 9.16. The first-order chi connectivity index (χ1) is 18.8. The molecule has 2 amide bonds. The summed E-state index contributed by atoms with van der Waals surface area (Å²) < 4.78 is 21.1. The van der Waals surface area contributed by atoms with E-state index in [1.54, 1.807) is 48.5 Å². The average Bonchev–Trinajstić information content (AvgIpc) is 2.95. The molecule has 0 aliphatic rings. The SMILES string of the molecule is COC(=O)Nc1ccc(Oc2ccc(C(C)(C)c3ccc(Oc4ccc(NC(=O)OC)cc4)cc3)cc2)cc1. The third kappa shape index (κ3) is 7.07. The second-order valence-electron chi connectivity index (χ2n) is 9.16. The Morgan fingerprint density at radius 3 is 1.08 bits per heavy atom. The Morgan fingerprint density at radius 1 is 0.513 bits per heavy atom. The van der Waals surface area contributed by atoms with E-state index in [9.17, 15) is 9.59 Å². The molecule has 4 rings (SSSR count). The van der Waals surface area contributed by atoms with Crippen LogP contribution in [-0.4, -0.2) is 26.4 Å². The number of hydrogen-bond acceptors (Lipinski definition) is 6. The van der Waals surface area contributed by atoms with Crippen molar-refractivity contribution >= 4 is 23.6 Å². The van der Waals surface area contributed by atoms with Crippen molar-refractivity contribution in [2.75, 3.05) is 24.9 Å². The molecule has 0 bridgehead atoms. The molecule has 4 aromatic rings. The van der Waals surface area contributed by atoms with Crippen molar-refractivity contribution in [3.8, 4) is 23.0 Å². The minimum Gasteiger partial charge on any atom is -0.457 e. The van der Waals surface area contributed by atoms with Crippen LogP contribution in [-0.2, 0) is 14.9 Å². The molecular weight excluding hydrogens is 496 g/mol. The zero-order valence-corrected chi connectivity index (χ0v) is 22.2. The van der Waals surface area contributed by atoms with Crippen LogP contribution in [0.1, 0.15) is 25.0 Å². The van der Waals surface area contributed by atoms with Gasteiger partial charge in [-0.3, -0.25) is 10.6 Å². The summed E-state index contributed by atoms with van der Waals surface area (Å²) in [4.78, 5) is 22.6. The number of benzene rings is 4. The van der Waals surface area contributed by atoms with E-state index in [-0.39, 0.29) is 5.41 Å². The maximum Gasteiger partial charge on any atom is 0.411 e. The van der Waals surface area contributed by atoms with Gasteiger partial charge in [-0.2, -0.15) is 0 Å². The van der Waals surface area contributed by atoms with Crippen LogP contribution < -0.4 is 20.1 Å². The van der Waals surface area contributed by atoms with Crippen molar-refractivity contribution in [3.05, 3.63) is 108 Å². The largest absolute Gasteiger partial charge is 0.457 e. The van der Waals surface area contributed by atoms with Crippen LogP contribution in [0.3, 0.4) is 0 Å². The monoisotopic (exact) mass is 526 g/mol. The van der Waals surface area contributed by atoms with Crippen LogP contribution in [0.4, 0.5) is 21.0 Å². The Labute approximate surface area is 227 Å². The topological polar surface area (TPSA) is 95.1 Å². The maximum absolute atomic E-state index is 11.3. The van der Waals surface area contributed by atoms with Crippen LogP contribution >= 0.6 is 0 Å². The highest BCUT2D eigenvalue weighted by molar-refractivity contribution is 5.85. The lowest BCUT2D eigenvalue weighted by molar-refractivity contribution is 0.186. The molecule has 0 saturated heterocycles.